The van der Waals surface area contributed by atoms with Crippen LogP contribution in [0.2, 0.25) is 0 Å². The van der Waals surface area contributed by atoms with Crippen molar-refractivity contribution in [2.75, 3.05) is 0 Å². The fraction of sp³-hybridized carbons (Fsp3) is 0. The minimum atomic E-state index is 0.805. The number of thiophene rings is 2. The number of fused-ring (bicyclic) bond motifs is 3. The smallest absolute Gasteiger partial charge is 0.161 e. The molecule has 0 atom stereocenters. The molecule has 0 aliphatic rings. The van der Waals surface area contributed by atoms with Crippen LogP contribution in [-0.4, -0.2) is 9.97 Å². The Morgan fingerprint density at radius 3 is 2.89 bits per heavy atom. The third-order valence-corrected chi connectivity index (χ3v) is 5.23. The minimum Gasteiger partial charge on any atom is -0.236 e. The van der Waals surface area contributed by atoms with Crippen molar-refractivity contribution in [2.45, 2.75) is 0 Å². The molecule has 0 fully saturated rings. The van der Waals surface area contributed by atoms with Gasteiger partial charge in [0.15, 0.2) is 5.82 Å². The standard InChI is InChI=1S/C14H7BrN2S2/c15-9-1-2-12-10(5-9)11-6-16-13(17-14(11)19-12)8-3-4-18-7-8/h1-7H. The highest BCUT2D eigenvalue weighted by Crippen LogP contribution is 2.34. The van der Waals surface area contributed by atoms with Crippen molar-refractivity contribution in [3.8, 4) is 11.4 Å². The minimum absolute atomic E-state index is 0.805. The van der Waals surface area contributed by atoms with E-state index in [2.05, 4.69) is 55.5 Å². The van der Waals surface area contributed by atoms with E-state index in [4.69, 9.17) is 0 Å². The van der Waals surface area contributed by atoms with Gasteiger partial charge in [0, 0.05) is 37.1 Å². The Labute approximate surface area is 125 Å². The first kappa shape index (κ1) is 11.5. The van der Waals surface area contributed by atoms with Crippen LogP contribution >= 0.6 is 38.6 Å². The Morgan fingerprint density at radius 1 is 1.11 bits per heavy atom. The summed E-state index contributed by atoms with van der Waals surface area (Å²) in [6.45, 7) is 0. The van der Waals surface area contributed by atoms with Gasteiger partial charge < -0.3 is 0 Å². The number of rotatable bonds is 1. The normalized spacial score (nSPS) is 11.4. The van der Waals surface area contributed by atoms with Gasteiger partial charge in [0.05, 0.1) is 0 Å². The summed E-state index contributed by atoms with van der Waals surface area (Å²) >= 11 is 6.89. The number of nitrogens with zero attached hydrogens (tertiary/aromatic N) is 2. The second-order valence-corrected chi connectivity index (χ2v) is 6.89. The van der Waals surface area contributed by atoms with E-state index in [1.165, 1.54) is 10.1 Å². The molecule has 0 unspecified atom stereocenters. The van der Waals surface area contributed by atoms with E-state index in [1.54, 1.807) is 22.7 Å². The molecule has 0 saturated carbocycles. The summed E-state index contributed by atoms with van der Waals surface area (Å²) in [7, 11) is 0. The first-order chi connectivity index (χ1) is 9.31. The van der Waals surface area contributed by atoms with E-state index < -0.39 is 0 Å². The maximum absolute atomic E-state index is 4.68. The zero-order valence-electron chi connectivity index (χ0n) is 9.63. The molecule has 92 valence electrons. The lowest BCUT2D eigenvalue weighted by molar-refractivity contribution is 1.25. The van der Waals surface area contributed by atoms with Crippen molar-refractivity contribution in [1.29, 1.82) is 0 Å². The van der Waals surface area contributed by atoms with Crippen LogP contribution in [-0.2, 0) is 0 Å². The highest BCUT2D eigenvalue weighted by molar-refractivity contribution is 9.10. The van der Waals surface area contributed by atoms with E-state index in [0.29, 0.717) is 0 Å². The van der Waals surface area contributed by atoms with Crippen molar-refractivity contribution in [2.24, 2.45) is 0 Å². The SMILES string of the molecule is Brc1ccc2sc3nc(-c4ccsc4)ncc3c2c1. The van der Waals surface area contributed by atoms with E-state index in [-0.39, 0.29) is 0 Å². The highest BCUT2D eigenvalue weighted by atomic mass is 79.9. The maximum Gasteiger partial charge on any atom is 0.161 e. The van der Waals surface area contributed by atoms with Crippen molar-refractivity contribution in [1.82, 2.24) is 9.97 Å². The third kappa shape index (κ3) is 1.89. The zero-order chi connectivity index (χ0) is 12.8. The van der Waals surface area contributed by atoms with Crippen molar-refractivity contribution >= 4 is 58.9 Å². The lowest BCUT2D eigenvalue weighted by Crippen LogP contribution is -1.85. The monoisotopic (exact) mass is 346 g/mol. The Morgan fingerprint density at radius 2 is 2.05 bits per heavy atom. The fourth-order valence-electron chi connectivity index (χ4n) is 2.07. The molecule has 4 aromatic rings. The molecule has 0 saturated heterocycles. The molecule has 0 bridgehead atoms. The zero-order valence-corrected chi connectivity index (χ0v) is 12.8. The molecule has 3 aromatic heterocycles. The third-order valence-electron chi connectivity index (χ3n) is 2.97. The molecule has 0 amide bonds. The number of hydrogen-bond acceptors (Lipinski definition) is 4. The van der Waals surface area contributed by atoms with Crippen LogP contribution in [0.15, 0.2) is 45.7 Å². The molecule has 0 radical (unpaired) electrons. The molecule has 4 rings (SSSR count). The van der Waals surface area contributed by atoms with Crippen LogP contribution in [0.1, 0.15) is 0 Å². The molecule has 3 heterocycles. The Bertz CT molecular complexity index is 881. The predicted molar refractivity (Wildman–Crippen MR) is 85.9 cm³/mol. The average Bonchev–Trinajstić information content (AvgIpc) is 3.04. The van der Waals surface area contributed by atoms with Gasteiger partial charge in [-0.3, -0.25) is 0 Å². The summed E-state index contributed by atoms with van der Waals surface area (Å²) in [5.41, 5.74) is 1.09. The average molecular weight is 347 g/mol. The predicted octanol–water partition coefficient (Wildman–Crippen LogP) is 5.34. The number of benzene rings is 1. The van der Waals surface area contributed by atoms with Gasteiger partial charge in [-0.05, 0) is 29.6 Å². The van der Waals surface area contributed by atoms with Crippen LogP contribution in [0.3, 0.4) is 0 Å². The van der Waals surface area contributed by atoms with Gasteiger partial charge in [-0.1, -0.05) is 15.9 Å². The summed E-state index contributed by atoms with van der Waals surface area (Å²) in [6, 6.07) is 8.36. The van der Waals surface area contributed by atoms with Gasteiger partial charge >= 0.3 is 0 Å². The van der Waals surface area contributed by atoms with Crippen LogP contribution in [0.4, 0.5) is 0 Å². The maximum atomic E-state index is 4.68. The van der Waals surface area contributed by atoms with E-state index >= 15 is 0 Å². The Hall–Kier alpha value is -1.30. The van der Waals surface area contributed by atoms with Crippen LogP contribution in [0.5, 0.6) is 0 Å². The van der Waals surface area contributed by atoms with Crippen LogP contribution in [0.25, 0.3) is 31.7 Å². The van der Waals surface area contributed by atoms with E-state index in [1.807, 2.05) is 11.6 Å². The molecule has 0 aliphatic carbocycles. The van der Waals surface area contributed by atoms with Crippen LogP contribution < -0.4 is 0 Å². The lowest BCUT2D eigenvalue weighted by atomic mass is 10.2. The van der Waals surface area contributed by atoms with Gasteiger partial charge in [0.1, 0.15) is 4.83 Å². The summed E-state index contributed by atoms with van der Waals surface area (Å²) in [5, 5.41) is 6.46. The van der Waals surface area contributed by atoms with Crippen molar-refractivity contribution in [3.05, 3.63) is 45.7 Å². The van der Waals surface area contributed by atoms with Crippen LogP contribution in [0, 0.1) is 0 Å². The molecular weight excluding hydrogens is 340 g/mol. The van der Waals surface area contributed by atoms with Gasteiger partial charge in [-0.2, -0.15) is 11.3 Å². The largest absolute Gasteiger partial charge is 0.236 e. The van der Waals surface area contributed by atoms with Gasteiger partial charge in [-0.25, -0.2) is 9.97 Å². The van der Waals surface area contributed by atoms with Gasteiger partial charge in [0.25, 0.3) is 0 Å². The quantitative estimate of drug-likeness (QED) is 0.465. The highest BCUT2D eigenvalue weighted by Gasteiger charge is 2.09. The molecule has 1 aromatic carbocycles. The summed E-state index contributed by atoms with van der Waals surface area (Å²) in [4.78, 5) is 10.2. The number of aromatic nitrogens is 2. The molecule has 19 heavy (non-hydrogen) atoms. The van der Waals surface area contributed by atoms with E-state index in [0.717, 1.165) is 26.1 Å². The molecule has 2 nitrogen and oxygen atoms in total. The molecule has 0 aliphatic heterocycles. The lowest BCUT2D eigenvalue weighted by Gasteiger charge is -1.96. The van der Waals surface area contributed by atoms with Gasteiger partial charge in [-0.15, -0.1) is 11.3 Å². The fourth-order valence-corrected chi connectivity index (χ4v) is 4.09. The Kier molecular flexibility index (Phi) is 2.65. The molecule has 0 N–H and O–H groups in total. The summed E-state index contributed by atoms with van der Waals surface area (Å²) < 4.78 is 2.33. The Balaban J connectivity index is 2.02. The van der Waals surface area contributed by atoms with Crippen molar-refractivity contribution in [3.63, 3.8) is 0 Å². The summed E-state index contributed by atoms with van der Waals surface area (Å²) in [5.74, 6) is 0.805. The number of hydrogen-bond donors (Lipinski definition) is 0. The summed E-state index contributed by atoms with van der Waals surface area (Å²) in [6.07, 6.45) is 1.93. The molecular formula is C14H7BrN2S2. The number of halogens is 1. The van der Waals surface area contributed by atoms with Gasteiger partial charge in [0.2, 0.25) is 0 Å². The first-order valence-electron chi connectivity index (χ1n) is 5.69. The topological polar surface area (TPSA) is 25.8 Å². The second-order valence-electron chi connectivity index (χ2n) is 4.17. The van der Waals surface area contributed by atoms with E-state index in [9.17, 15) is 0 Å². The second kappa shape index (κ2) is 4.37. The first-order valence-corrected chi connectivity index (χ1v) is 8.24. The van der Waals surface area contributed by atoms with Crippen molar-refractivity contribution < 1.29 is 0 Å². The molecule has 5 heteroatoms. The molecule has 0 spiro atoms.